The van der Waals surface area contributed by atoms with Gasteiger partial charge in [0.25, 0.3) is 0 Å². The van der Waals surface area contributed by atoms with Gasteiger partial charge in [-0.25, -0.2) is 0 Å². The van der Waals surface area contributed by atoms with Crippen LogP contribution in [0.3, 0.4) is 0 Å². The molecule has 1 fully saturated rings. The van der Waals surface area contributed by atoms with Crippen molar-refractivity contribution in [1.82, 2.24) is 10.2 Å². The second-order valence-electron chi connectivity index (χ2n) is 6.86. The van der Waals surface area contributed by atoms with Crippen LogP contribution in [0.15, 0.2) is 58.1 Å². The molecule has 0 aromatic heterocycles. The maximum Gasteiger partial charge on any atom is 0.310 e. The number of piperazine rings is 1. The fraction of sp³-hybridized carbons (Fsp3) is 0.368. The normalized spacial score (nSPS) is 19.2. The monoisotopic (exact) mass is 452 g/mol. The Labute approximate surface area is 172 Å². The lowest BCUT2D eigenvalue weighted by molar-refractivity contribution is -0.132. The molecule has 0 bridgehead atoms. The molecule has 1 heterocycles. The molecule has 1 unspecified atom stereocenters. The molecule has 0 radical (unpaired) electrons. The molecule has 1 atom stereocenters. The molecule has 0 saturated carbocycles. The molecule has 1 amide bonds. The average Bonchev–Trinajstić information content (AvgIpc) is 2.67. The van der Waals surface area contributed by atoms with Gasteiger partial charge in [-0.05, 0) is 37.9 Å². The molecule has 1 N–H and O–H groups in total. The lowest BCUT2D eigenvalue weighted by Crippen LogP contribution is -2.54. The fourth-order valence-corrected chi connectivity index (χ4v) is 3.83. The van der Waals surface area contributed by atoms with E-state index in [0.717, 1.165) is 12.1 Å². The van der Waals surface area contributed by atoms with Crippen molar-refractivity contribution < 1.29 is 24.2 Å². The first-order valence-electron chi connectivity index (χ1n) is 9.13. The number of likely N-dealkylation sites (N-methyl/N-ethyl adjacent to an activating group) is 1. The Morgan fingerprint density at radius 1 is 1.20 bits per heavy atom. The van der Waals surface area contributed by atoms with Crippen LogP contribution in [0.5, 0.6) is 0 Å². The first kappa shape index (κ1) is 23.9. The molecule has 1 saturated heterocycles. The van der Waals surface area contributed by atoms with E-state index in [4.69, 9.17) is 0 Å². The minimum absolute atomic E-state index is 0.175. The summed E-state index contributed by atoms with van der Waals surface area (Å²) >= 11 is 0. The van der Waals surface area contributed by atoms with Gasteiger partial charge in [0.05, 0.1) is 0 Å². The Balaban J connectivity index is 2.46. The molecular weight excluding hydrogens is 427 g/mol. The van der Waals surface area contributed by atoms with Crippen LogP contribution >= 0.6 is 10.2 Å². The maximum absolute atomic E-state index is 13.3. The molecule has 1 aromatic rings. The van der Waals surface area contributed by atoms with E-state index in [1.54, 1.807) is 24.0 Å². The zero-order valence-corrected chi connectivity index (χ0v) is 17.5. The van der Waals surface area contributed by atoms with Gasteiger partial charge in [-0.1, -0.05) is 31.6 Å². The number of hydrogen-bond acceptors (Lipinski definition) is 4. The van der Waals surface area contributed by atoms with E-state index in [1.807, 2.05) is 0 Å². The van der Waals surface area contributed by atoms with Gasteiger partial charge in [-0.15, -0.1) is 0 Å². The van der Waals surface area contributed by atoms with Crippen molar-refractivity contribution in [2.45, 2.75) is 17.9 Å². The van der Waals surface area contributed by atoms with E-state index in [0.29, 0.717) is 43.9 Å². The summed E-state index contributed by atoms with van der Waals surface area (Å²) in [6.45, 7) is 7.31. The smallest absolute Gasteiger partial charge is 0.310 e. The molecule has 2 rings (SSSR count). The van der Waals surface area contributed by atoms with Crippen LogP contribution in [0.4, 0.5) is 25.1 Å². The number of hydrogen-bond donors (Lipinski definition) is 1. The fourth-order valence-electron chi connectivity index (χ4n) is 3.18. The SMILES string of the molecule is C=N/C=C(\C=C/C)C(C(=O)N1CCNCC1)N(C)c1ccc(S(F)(F)(F)(F)F)cc1. The van der Waals surface area contributed by atoms with Crippen molar-refractivity contribution in [2.24, 2.45) is 4.99 Å². The summed E-state index contributed by atoms with van der Waals surface area (Å²) in [5.41, 5.74) is 0.642. The van der Waals surface area contributed by atoms with Gasteiger partial charge in [-0.3, -0.25) is 9.79 Å². The molecule has 0 spiro atoms. The number of halogens is 5. The number of amides is 1. The third-order valence-corrected chi connectivity index (χ3v) is 5.82. The summed E-state index contributed by atoms with van der Waals surface area (Å²) in [6, 6.07) is 1.62. The lowest BCUT2D eigenvalue weighted by atomic mass is 10.0. The Kier molecular flexibility index (Phi) is 6.39. The second-order valence-corrected chi connectivity index (χ2v) is 9.27. The summed E-state index contributed by atoms with van der Waals surface area (Å²) in [5, 5.41) is 3.14. The predicted molar refractivity (Wildman–Crippen MR) is 112 cm³/mol. The van der Waals surface area contributed by atoms with Gasteiger partial charge in [0.15, 0.2) is 0 Å². The molecule has 30 heavy (non-hydrogen) atoms. The lowest BCUT2D eigenvalue weighted by Gasteiger charge is -2.41. The third-order valence-electron chi connectivity index (χ3n) is 4.65. The van der Waals surface area contributed by atoms with Crippen LogP contribution < -0.4 is 10.2 Å². The molecule has 0 aliphatic carbocycles. The summed E-state index contributed by atoms with van der Waals surface area (Å²) in [4.78, 5) is 18.1. The topological polar surface area (TPSA) is 47.9 Å². The van der Waals surface area contributed by atoms with Crippen molar-refractivity contribution >= 4 is 28.5 Å². The summed E-state index contributed by atoms with van der Waals surface area (Å²) in [5.74, 6) is -0.274. The summed E-state index contributed by atoms with van der Waals surface area (Å²) < 4.78 is 65.1. The number of nitrogens with zero attached hydrogens (tertiary/aromatic N) is 3. The Hall–Kier alpha value is -2.40. The van der Waals surface area contributed by atoms with Crippen molar-refractivity contribution in [3.63, 3.8) is 0 Å². The Morgan fingerprint density at radius 2 is 1.77 bits per heavy atom. The zero-order chi connectivity index (χ0) is 22.6. The number of anilines is 1. The third kappa shape index (κ3) is 5.82. The van der Waals surface area contributed by atoms with Gasteiger partial charge in [-0.2, -0.15) is 0 Å². The number of carbonyl (C=O) groups is 1. The Morgan fingerprint density at radius 3 is 2.23 bits per heavy atom. The number of carbonyl (C=O) groups excluding carboxylic acids is 1. The van der Waals surface area contributed by atoms with Crippen LogP contribution in [-0.2, 0) is 4.79 Å². The minimum atomic E-state index is -9.77. The largest absolute Gasteiger partial charge is 0.359 e. The van der Waals surface area contributed by atoms with E-state index in [2.05, 4.69) is 17.0 Å². The standard InChI is InChI=1S/C19H25F5N4OS/c1-4-5-15(14-25-2)18(19(29)28-12-10-26-11-13-28)27(3)16-6-8-17(9-7-16)30(20,21,22,23)24/h4-9,14,18,26H,2,10-13H2,1,3H3/b5-4-,15-14+. The van der Waals surface area contributed by atoms with E-state index in [-0.39, 0.29) is 11.6 Å². The molecule has 1 aromatic carbocycles. The zero-order valence-electron chi connectivity index (χ0n) is 16.7. The quantitative estimate of drug-likeness (QED) is 0.369. The highest BCUT2D eigenvalue weighted by Crippen LogP contribution is 3.02. The molecule has 1 aliphatic heterocycles. The number of aliphatic imine (C=N–C) groups is 1. The van der Waals surface area contributed by atoms with Crippen LogP contribution in [0.2, 0.25) is 0 Å². The summed E-state index contributed by atoms with van der Waals surface area (Å²) in [7, 11) is -8.26. The maximum atomic E-state index is 13.3. The molecule has 11 heteroatoms. The van der Waals surface area contributed by atoms with E-state index < -0.39 is 21.2 Å². The number of nitrogens with one attached hydrogen (secondary N) is 1. The van der Waals surface area contributed by atoms with Crippen molar-refractivity contribution in [3.05, 3.63) is 48.2 Å². The molecule has 168 valence electrons. The summed E-state index contributed by atoms with van der Waals surface area (Å²) in [6.07, 6.45) is 4.74. The van der Waals surface area contributed by atoms with Crippen LogP contribution in [0.25, 0.3) is 0 Å². The van der Waals surface area contributed by atoms with E-state index in [1.165, 1.54) is 18.1 Å². The number of benzene rings is 1. The molecule has 5 nitrogen and oxygen atoms in total. The Bertz CT molecular complexity index is 847. The van der Waals surface area contributed by atoms with Crippen LogP contribution in [-0.4, -0.2) is 56.8 Å². The average molecular weight is 452 g/mol. The van der Waals surface area contributed by atoms with Crippen LogP contribution in [0, 0.1) is 0 Å². The molecule has 1 aliphatic rings. The minimum Gasteiger partial charge on any atom is -0.359 e. The van der Waals surface area contributed by atoms with Gasteiger partial charge in [0.2, 0.25) is 5.91 Å². The van der Waals surface area contributed by atoms with Gasteiger partial charge in [0.1, 0.15) is 10.9 Å². The van der Waals surface area contributed by atoms with Crippen molar-refractivity contribution in [1.29, 1.82) is 0 Å². The van der Waals surface area contributed by atoms with Crippen molar-refractivity contribution in [2.75, 3.05) is 38.1 Å². The van der Waals surface area contributed by atoms with Gasteiger partial charge >= 0.3 is 10.2 Å². The number of allylic oxidation sites excluding steroid dienone is 1. The van der Waals surface area contributed by atoms with Crippen LogP contribution in [0.1, 0.15) is 6.92 Å². The first-order chi connectivity index (χ1) is 13.8. The highest BCUT2D eigenvalue weighted by atomic mass is 32.5. The highest BCUT2D eigenvalue weighted by molar-refractivity contribution is 8.45. The molecular formula is C19H25F5N4OS. The first-order valence-corrected chi connectivity index (χ1v) is 11.1. The highest BCUT2D eigenvalue weighted by Gasteiger charge is 2.65. The second kappa shape index (κ2) is 8.03. The van der Waals surface area contributed by atoms with Gasteiger partial charge in [0, 0.05) is 50.7 Å². The van der Waals surface area contributed by atoms with E-state index >= 15 is 0 Å². The predicted octanol–water partition coefficient (Wildman–Crippen LogP) is 4.74. The van der Waals surface area contributed by atoms with E-state index in [9.17, 15) is 24.2 Å². The number of rotatable bonds is 7. The van der Waals surface area contributed by atoms with Gasteiger partial charge < -0.3 is 15.1 Å². The van der Waals surface area contributed by atoms with Crippen molar-refractivity contribution in [3.8, 4) is 0 Å².